The summed E-state index contributed by atoms with van der Waals surface area (Å²) in [5, 5.41) is 16.5. The van der Waals surface area contributed by atoms with Gasteiger partial charge in [0.25, 0.3) is 0 Å². The predicted molar refractivity (Wildman–Crippen MR) is 96.0 cm³/mol. The summed E-state index contributed by atoms with van der Waals surface area (Å²) in [5.41, 5.74) is -0.681. The number of nitrogens with zero attached hydrogens (tertiary/aromatic N) is 1. The molecule has 1 heterocycles. The Labute approximate surface area is 146 Å². The van der Waals surface area contributed by atoms with E-state index in [1.807, 2.05) is 0 Å². The molecule has 24 heavy (non-hydrogen) atoms. The van der Waals surface area contributed by atoms with Crippen LogP contribution in [0.25, 0.3) is 0 Å². The van der Waals surface area contributed by atoms with Gasteiger partial charge in [-0.2, -0.15) is 0 Å². The van der Waals surface area contributed by atoms with E-state index in [2.05, 4.69) is 15.5 Å². The number of urea groups is 1. The molecule has 5 heteroatoms. The van der Waals surface area contributed by atoms with Crippen molar-refractivity contribution in [2.45, 2.75) is 94.7 Å². The molecule has 5 nitrogen and oxygen atoms in total. The van der Waals surface area contributed by atoms with Crippen molar-refractivity contribution in [3.05, 3.63) is 0 Å². The topological polar surface area (TPSA) is 64.6 Å². The molecule has 1 saturated heterocycles. The highest BCUT2D eigenvalue weighted by Gasteiger charge is 2.30. The monoisotopic (exact) mass is 337 g/mol. The molecule has 138 valence electrons. The van der Waals surface area contributed by atoms with Crippen LogP contribution in [0, 0.1) is 0 Å². The van der Waals surface area contributed by atoms with E-state index in [1.165, 1.54) is 38.5 Å². The van der Waals surface area contributed by atoms with Gasteiger partial charge in [0.1, 0.15) is 0 Å². The van der Waals surface area contributed by atoms with Gasteiger partial charge in [0.15, 0.2) is 0 Å². The Morgan fingerprint density at radius 3 is 2.25 bits per heavy atom. The van der Waals surface area contributed by atoms with Crippen LogP contribution < -0.4 is 10.6 Å². The van der Waals surface area contributed by atoms with E-state index in [0.29, 0.717) is 6.54 Å². The van der Waals surface area contributed by atoms with Gasteiger partial charge in [-0.15, -0.1) is 0 Å². The summed E-state index contributed by atoms with van der Waals surface area (Å²) in [6.45, 7) is 2.61. The zero-order valence-corrected chi connectivity index (χ0v) is 15.1. The molecule has 3 rings (SSSR count). The van der Waals surface area contributed by atoms with Crippen LogP contribution in [0.5, 0.6) is 0 Å². The molecule has 0 bridgehead atoms. The van der Waals surface area contributed by atoms with Gasteiger partial charge in [0.2, 0.25) is 0 Å². The number of amides is 2. The average Bonchev–Trinajstić information content (AvgIpc) is 2.62. The molecule has 2 saturated carbocycles. The second-order valence-corrected chi connectivity index (χ2v) is 8.21. The fourth-order valence-corrected chi connectivity index (χ4v) is 4.72. The first-order valence-electron chi connectivity index (χ1n) is 10.2. The smallest absolute Gasteiger partial charge is 0.315 e. The first-order valence-corrected chi connectivity index (χ1v) is 10.2. The minimum atomic E-state index is -0.681. The molecular formula is C19H35N3O2. The highest BCUT2D eigenvalue weighted by molar-refractivity contribution is 5.74. The quantitative estimate of drug-likeness (QED) is 0.739. The maximum Gasteiger partial charge on any atom is 0.315 e. The van der Waals surface area contributed by atoms with Gasteiger partial charge in [-0.1, -0.05) is 38.5 Å². The van der Waals surface area contributed by atoms with Gasteiger partial charge >= 0.3 is 6.03 Å². The van der Waals surface area contributed by atoms with Crippen molar-refractivity contribution in [2.24, 2.45) is 0 Å². The van der Waals surface area contributed by atoms with Crippen molar-refractivity contribution in [1.82, 2.24) is 15.5 Å². The molecular weight excluding hydrogens is 302 g/mol. The number of rotatable bonds is 4. The van der Waals surface area contributed by atoms with E-state index < -0.39 is 5.60 Å². The number of carbonyl (C=O) groups is 1. The number of carbonyl (C=O) groups excluding carboxylic acids is 1. The molecule has 1 aliphatic heterocycles. The first kappa shape index (κ1) is 18.0. The summed E-state index contributed by atoms with van der Waals surface area (Å²) in [6.07, 6.45) is 14.0. The fraction of sp³-hybridized carbons (Fsp3) is 0.947. The second-order valence-electron chi connectivity index (χ2n) is 8.21. The second kappa shape index (κ2) is 8.52. The maximum atomic E-state index is 12.1. The van der Waals surface area contributed by atoms with Gasteiger partial charge in [0.05, 0.1) is 5.60 Å². The Bertz CT molecular complexity index is 395. The third-order valence-electron chi connectivity index (χ3n) is 6.32. The Balaban J connectivity index is 1.34. The summed E-state index contributed by atoms with van der Waals surface area (Å²) in [7, 11) is 0. The molecule has 3 N–H and O–H groups in total. The largest absolute Gasteiger partial charge is 0.388 e. The van der Waals surface area contributed by atoms with Gasteiger partial charge in [-0.05, 0) is 38.5 Å². The lowest BCUT2D eigenvalue weighted by molar-refractivity contribution is 0.00703. The van der Waals surface area contributed by atoms with Crippen molar-refractivity contribution < 1.29 is 9.90 Å². The van der Waals surface area contributed by atoms with Crippen LogP contribution in [0.15, 0.2) is 0 Å². The van der Waals surface area contributed by atoms with Gasteiger partial charge in [-0.25, -0.2) is 4.79 Å². The SMILES string of the molecule is O=C(NCC1(O)CCCCC1)NC1CCN(C2CCCCC2)CC1. The molecule has 3 aliphatic rings. The molecule has 0 atom stereocenters. The minimum Gasteiger partial charge on any atom is -0.388 e. The Hall–Kier alpha value is -0.810. The normalized spacial score (nSPS) is 26.9. The lowest BCUT2D eigenvalue weighted by Crippen LogP contribution is -2.52. The molecule has 2 aliphatic carbocycles. The summed E-state index contributed by atoms with van der Waals surface area (Å²) in [4.78, 5) is 14.8. The maximum absolute atomic E-state index is 12.1. The van der Waals surface area contributed by atoms with E-state index in [-0.39, 0.29) is 12.1 Å². The van der Waals surface area contributed by atoms with Crippen LogP contribution in [0.4, 0.5) is 4.79 Å². The summed E-state index contributed by atoms with van der Waals surface area (Å²) >= 11 is 0. The molecule has 0 aromatic heterocycles. The van der Waals surface area contributed by atoms with Crippen molar-refractivity contribution in [3.8, 4) is 0 Å². The average molecular weight is 338 g/mol. The molecule has 3 fully saturated rings. The minimum absolute atomic E-state index is 0.106. The summed E-state index contributed by atoms with van der Waals surface area (Å²) < 4.78 is 0. The van der Waals surface area contributed by atoms with Crippen LogP contribution >= 0.6 is 0 Å². The first-order chi connectivity index (χ1) is 11.6. The van der Waals surface area contributed by atoms with Crippen molar-refractivity contribution in [1.29, 1.82) is 0 Å². The van der Waals surface area contributed by atoms with Gasteiger partial charge < -0.3 is 20.6 Å². The molecule has 0 radical (unpaired) electrons. The molecule has 0 aromatic rings. The Kier molecular flexibility index (Phi) is 6.39. The third-order valence-corrected chi connectivity index (χ3v) is 6.32. The van der Waals surface area contributed by atoms with E-state index >= 15 is 0 Å². The van der Waals surface area contributed by atoms with Crippen LogP contribution in [-0.2, 0) is 0 Å². The number of hydrogen-bond acceptors (Lipinski definition) is 3. The lowest BCUT2D eigenvalue weighted by Gasteiger charge is -2.39. The standard InChI is InChI=1S/C19H35N3O2/c23-18(20-15-19(24)11-5-2-6-12-19)21-16-9-13-22(14-10-16)17-7-3-1-4-8-17/h16-17,24H,1-15H2,(H2,20,21,23). The van der Waals surface area contributed by atoms with Crippen LogP contribution in [-0.4, -0.2) is 53.4 Å². The van der Waals surface area contributed by atoms with E-state index in [0.717, 1.165) is 57.7 Å². The van der Waals surface area contributed by atoms with Crippen LogP contribution in [0.3, 0.4) is 0 Å². The Morgan fingerprint density at radius 2 is 1.58 bits per heavy atom. The molecule has 0 aromatic carbocycles. The highest BCUT2D eigenvalue weighted by atomic mass is 16.3. The van der Waals surface area contributed by atoms with E-state index in [4.69, 9.17) is 0 Å². The number of aliphatic hydroxyl groups is 1. The third kappa shape index (κ3) is 5.09. The highest BCUT2D eigenvalue weighted by Crippen LogP contribution is 2.27. The molecule has 2 amide bonds. The number of likely N-dealkylation sites (tertiary alicyclic amines) is 1. The zero-order chi connectivity index (χ0) is 16.8. The fourth-order valence-electron chi connectivity index (χ4n) is 4.72. The van der Waals surface area contributed by atoms with E-state index in [1.54, 1.807) is 0 Å². The van der Waals surface area contributed by atoms with Crippen molar-refractivity contribution >= 4 is 6.03 Å². The Morgan fingerprint density at radius 1 is 0.958 bits per heavy atom. The van der Waals surface area contributed by atoms with Gasteiger partial charge in [0, 0.05) is 31.7 Å². The van der Waals surface area contributed by atoms with E-state index in [9.17, 15) is 9.90 Å². The number of hydrogen-bond donors (Lipinski definition) is 3. The summed E-state index contributed by atoms with van der Waals surface area (Å²) in [6, 6.07) is 0.963. The van der Waals surface area contributed by atoms with Gasteiger partial charge in [-0.3, -0.25) is 0 Å². The summed E-state index contributed by atoms with van der Waals surface area (Å²) in [5.74, 6) is 0. The number of piperidine rings is 1. The van der Waals surface area contributed by atoms with Crippen LogP contribution in [0.1, 0.15) is 77.0 Å². The van der Waals surface area contributed by atoms with Crippen molar-refractivity contribution in [3.63, 3.8) is 0 Å². The molecule has 0 spiro atoms. The molecule has 0 unspecified atom stereocenters. The predicted octanol–water partition coefficient (Wildman–Crippen LogP) is 2.78. The zero-order valence-electron chi connectivity index (χ0n) is 15.1. The lowest BCUT2D eigenvalue weighted by atomic mass is 9.85. The number of nitrogens with one attached hydrogen (secondary N) is 2. The van der Waals surface area contributed by atoms with Crippen LogP contribution in [0.2, 0.25) is 0 Å². The van der Waals surface area contributed by atoms with Crippen molar-refractivity contribution in [2.75, 3.05) is 19.6 Å².